The van der Waals surface area contributed by atoms with E-state index in [0.29, 0.717) is 17.3 Å². The van der Waals surface area contributed by atoms with Gasteiger partial charge in [-0.1, -0.05) is 47.7 Å². The molecule has 1 fully saturated rings. The highest BCUT2D eigenvalue weighted by molar-refractivity contribution is 7.22. The van der Waals surface area contributed by atoms with Crippen molar-refractivity contribution < 1.29 is 13.9 Å². The van der Waals surface area contributed by atoms with Gasteiger partial charge in [0.05, 0.1) is 23.4 Å². The average molecular weight is 528 g/mol. The van der Waals surface area contributed by atoms with Gasteiger partial charge in [-0.2, -0.15) is 0 Å². The maximum absolute atomic E-state index is 14.1. The van der Waals surface area contributed by atoms with Crippen LogP contribution in [0.5, 0.6) is 0 Å². The molecular weight excluding hydrogens is 498 g/mol. The van der Waals surface area contributed by atoms with Gasteiger partial charge in [0.15, 0.2) is 5.13 Å². The summed E-state index contributed by atoms with van der Waals surface area (Å²) < 4.78 is 12.1. The Labute approximate surface area is 224 Å². The molecule has 1 aliphatic heterocycles. The Kier molecular flexibility index (Phi) is 6.69. The lowest BCUT2D eigenvalue weighted by molar-refractivity contribution is 0.0376. The molecule has 5 aromatic rings. The van der Waals surface area contributed by atoms with Gasteiger partial charge < -0.3 is 9.15 Å². The van der Waals surface area contributed by atoms with Crippen molar-refractivity contribution in [3.05, 3.63) is 81.7 Å². The number of anilines is 1. The standard InChI is InChI=1S/C30H29N3O4S/c1-19-8-11-26-27(20(19)2)31-30(38-26)33(13-5-12-32-14-16-36-17-15-32)28(34)24-18-23-22-7-4-3-6-21(22)9-10-25(23)37-29(24)35/h3-4,6-11,18H,5,12-17H2,1-2H3. The zero-order chi connectivity index (χ0) is 26.2. The number of ether oxygens (including phenoxy) is 1. The van der Waals surface area contributed by atoms with Crippen LogP contribution < -0.4 is 10.5 Å². The molecule has 0 saturated carbocycles. The first-order valence-electron chi connectivity index (χ1n) is 12.9. The number of thiazole rings is 1. The lowest BCUT2D eigenvalue weighted by atomic mass is 10.0. The number of carbonyl (C=O) groups is 1. The third kappa shape index (κ3) is 4.60. The predicted octanol–water partition coefficient (Wildman–Crippen LogP) is 5.54. The smallest absolute Gasteiger partial charge is 0.349 e. The monoisotopic (exact) mass is 527 g/mol. The van der Waals surface area contributed by atoms with E-state index in [2.05, 4.69) is 24.8 Å². The highest BCUT2D eigenvalue weighted by Gasteiger charge is 2.26. The number of aromatic nitrogens is 1. The maximum Gasteiger partial charge on any atom is 0.349 e. The van der Waals surface area contributed by atoms with Crippen LogP contribution in [0.2, 0.25) is 0 Å². The number of nitrogens with zero attached hydrogens (tertiary/aromatic N) is 3. The number of hydrogen-bond acceptors (Lipinski definition) is 7. The summed E-state index contributed by atoms with van der Waals surface area (Å²) in [6.07, 6.45) is 0.752. The van der Waals surface area contributed by atoms with E-state index in [4.69, 9.17) is 14.1 Å². The topological polar surface area (TPSA) is 75.9 Å². The molecule has 2 aromatic heterocycles. The SMILES string of the molecule is Cc1ccc2sc(N(CCCN3CCOCC3)C(=O)c3cc4c(ccc5ccccc54)oc3=O)nc2c1C. The van der Waals surface area contributed by atoms with Gasteiger partial charge in [-0.3, -0.25) is 14.6 Å². The molecule has 0 spiro atoms. The third-order valence-corrected chi connectivity index (χ3v) is 8.43. The van der Waals surface area contributed by atoms with Gasteiger partial charge in [0.25, 0.3) is 5.91 Å². The zero-order valence-corrected chi connectivity index (χ0v) is 22.3. The second-order valence-electron chi connectivity index (χ2n) is 9.76. The van der Waals surface area contributed by atoms with Crippen LogP contribution in [0.25, 0.3) is 32.0 Å². The quantitative estimate of drug-likeness (QED) is 0.213. The summed E-state index contributed by atoms with van der Waals surface area (Å²) in [5.74, 6) is -0.385. The molecule has 38 heavy (non-hydrogen) atoms. The number of carbonyl (C=O) groups excluding carboxylic acids is 1. The molecule has 0 aliphatic carbocycles. The van der Waals surface area contributed by atoms with Crippen LogP contribution in [0.1, 0.15) is 27.9 Å². The molecule has 1 amide bonds. The van der Waals surface area contributed by atoms with Gasteiger partial charge in [0, 0.05) is 31.6 Å². The van der Waals surface area contributed by atoms with Crippen molar-refractivity contribution >= 4 is 54.3 Å². The van der Waals surface area contributed by atoms with Crippen molar-refractivity contribution in [3.8, 4) is 0 Å². The Morgan fingerprint density at radius 2 is 1.87 bits per heavy atom. The van der Waals surface area contributed by atoms with Crippen LogP contribution in [-0.2, 0) is 4.74 Å². The van der Waals surface area contributed by atoms with Crippen molar-refractivity contribution in [2.45, 2.75) is 20.3 Å². The summed E-state index contributed by atoms with van der Waals surface area (Å²) in [7, 11) is 0. The lowest BCUT2D eigenvalue weighted by Gasteiger charge is -2.27. The summed E-state index contributed by atoms with van der Waals surface area (Å²) in [5.41, 5.74) is 3.00. The molecule has 7 nitrogen and oxygen atoms in total. The molecule has 0 N–H and O–H groups in total. The van der Waals surface area contributed by atoms with Crippen molar-refractivity contribution in [3.63, 3.8) is 0 Å². The molecule has 194 valence electrons. The Balaban J connectivity index is 1.40. The Morgan fingerprint density at radius 3 is 2.71 bits per heavy atom. The summed E-state index contributed by atoms with van der Waals surface area (Å²) in [6, 6.07) is 17.4. The lowest BCUT2D eigenvalue weighted by Crippen LogP contribution is -2.40. The van der Waals surface area contributed by atoms with E-state index in [1.807, 2.05) is 36.4 Å². The van der Waals surface area contributed by atoms with Crippen molar-refractivity contribution in [1.82, 2.24) is 9.88 Å². The number of aryl methyl sites for hydroxylation is 2. The number of amides is 1. The first-order valence-corrected chi connectivity index (χ1v) is 13.8. The average Bonchev–Trinajstić information content (AvgIpc) is 3.37. The van der Waals surface area contributed by atoms with Crippen LogP contribution in [-0.4, -0.2) is 55.2 Å². The Morgan fingerprint density at radius 1 is 1.05 bits per heavy atom. The van der Waals surface area contributed by atoms with Gasteiger partial charge in [-0.15, -0.1) is 0 Å². The van der Waals surface area contributed by atoms with Crippen molar-refractivity contribution in [2.75, 3.05) is 44.3 Å². The molecule has 1 aliphatic rings. The highest BCUT2D eigenvalue weighted by Crippen LogP contribution is 2.33. The summed E-state index contributed by atoms with van der Waals surface area (Å²) >= 11 is 1.48. The number of rotatable bonds is 6. The van der Waals surface area contributed by atoms with Gasteiger partial charge in [-0.25, -0.2) is 9.78 Å². The largest absolute Gasteiger partial charge is 0.422 e. The second kappa shape index (κ2) is 10.3. The van der Waals surface area contributed by atoms with Gasteiger partial charge in [0.1, 0.15) is 11.1 Å². The molecule has 1 saturated heterocycles. The molecular formula is C30H29N3O4S. The van der Waals surface area contributed by atoms with E-state index in [0.717, 1.165) is 76.8 Å². The molecule has 0 bridgehead atoms. The number of fused-ring (bicyclic) bond motifs is 4. The van der Waals surface area contributed by atoms with E-state index >= 15 is 0 Å². The Hall–Kier alpha value is -3.59. The fraction of sp³-hybridized carbons (Fsp3) is 0.300. The predicted molar refractivity (Wildman–Crippen MR) is 153 cm³/mol. The van der Waals surface area contributed by atoms with Crippen LogP contribution >= 0.6 is 11.3 Å². The highest BCUT2D eigenvalue weighted by atomic mass is 32.1. The van der Waals surface area contributed by atoms with Crippen LogP contribution in [0.3, 0.4) is 0 Å². The summed E-state index contributed by atoms with van der Waals surface area (Å²) in [6.45, 7) is 8.62. The fourth-order valence-corrected chi connectivity index (χ4v) is 6.11. The van der Waals surface area contributed by atoms with Crippen molar-refractivity contribution in [2.24, 2.45) is 0 Å². The first kappa shape index (κ1) is 24.7. The van der Waals surface area contributed by atoms with Crippen LogP contribution in [0, 0.1) is 13.8 Å². The zero-order valence-electron chi connectivity index (χ0n) is 21.5. The van der Waals surface area contributed by atoms with Gasteiger partial charge in [0.2, 0.25) is 0 Å². The second-order valence-corrected chi connectivity index (χ2v) is 10.8. The first-order chi connectivity index (χ1) is 18.5. The van der Waals surface area contributed by atoms with Crippen LogP contribution in [0.4, 0.5) is 5.13 Å². The van der Waals surface area contributed by atoms with Crippen LogP contribution in [0.15, 0.2) is 63.8 Å². The minimum atomic E-state index is -0.635. The van der Waals surface area contributed by atoms with E-state index in [9.17, 15) is 9.59 Å². The number of hydrogen-bond donors (Lipinski definition) is 0. The van der Waals surface area contributed by atoms with E-state index in [-0.39, 0.29) is 11.5 Å². The van der Waals surface area contributed by atoms with Crippen molar-refractivity contribution in [1.29, 1.82) is 0 Å². The van der Waals surface area contributed by atoms with E-state index in [1.54, 1.807) is 17.0 Å². The van der Waals surface area contributed by atoms with Gasteiger partial charge in [-0.05, 0) is 60.4 Å². The molecule has 0 atom stereocenters. The molecule has 3 heterocycles. The number of benzene rings is 3. The summed E-state index contributed by atoms with van der Waals surface area (Å²) in [4.78, 5) is 36.0. The fourth-order valence-electron chi connectivity index (χ4n) is 5.06. The van der Waals surface area contributed by atoms with Gasteiger partial charge >= 0.3 is 5.63 Å². The molecule has 6 rings (SSSR count). The minimum Gasteiger partial charge on any atom is -0.422 e. The molecule has 0 radical (unpaired) electrons. The molecule has 8 heteroatoms. The maximum atomic E-state index is 14.1. The molecule has 0 unspecified atom stereocenters. The number of morpholine rings is 1. The minimum absolute atomic E-state index is 0.0207. The summed E-state index contributed by atoms with van der Waals surface area (Å²) in [5, 5.41) is 3.30. The van der Waals surface area contributed by atoms with E-state index < -0.39 is 5.63 Å². The Bertz CT molecular complexity index is 1720. The third-order valence-electron chi connectivity index (χ3n) is 7.38. The molecule has 3 aromatic carbocycles. The van der Waals surface area contributed by atoms with E-state index in [1.165, 1.54) is 11.3 Å². The normalized spacial score (nSPS) is 14.5.